The smallest absolute Gasteiger partial charge is 0.127 e. The van der Waals surface area contributed by atoms with Crippen LogP contribution >= 0.6 is 0 Å². The van der Waals surface area contributed by atoms with Gasteiger partial charge in [0, 0.05) is 5.56 Å². The summed E-state index contributed by atoms with van der Waals surface area (Å²) in [5, 5.41) is 3.50. The van der Waals surface area contributed by atoms with E-state index < -0.39 is 0 Å². The van der Waals surface area contributed by atoms with Gasteiger partial charge in [-0.1, -0.05) is 13.0 Å². The fourth-order valence-corrected chi connectivity index (χ4v) is 2.67. The van der Waals surface area contributed by atoms with Gasteiger partial charge in [0.25, 0.3) is 0 Å². The van der Waals surface area contributed by atoms with E-state index in [0.29, 0.717) is 0 Å². The summed E-state index contributed by atoms with van der Waals surface area (Å²) in [5.41, 5.74) is 2.10. The average molecular weight is 289 g/mol. The molecule has 0 amide bonds. The Morgan fingerprint density at radius 1 is 1.14 bits per heavy atom. The summed E-state index contributed by atoms with van der Waals surface area (Å²) in [6.45, 7) is 6.85. The first kappa shape index (κ1) is 15.4. The van der Waals surface area contributed by atoms with Gasteiger partial charge in [0.2, 0.25) is 0 Å². The summed E-state index contributed by atoms with van der Waals surface area (Å²) in [6.07, 6.45) is 0. The van der Waals surface area contributed by atoms with Gasteiger partial charge >= 0.3 is 0 Å². The number of rotatable bonds is 6. The van der Waals surface area contributed by atoms with Crippen LogP contribution < -0.4 is 14.8 Å². The topological polar surface area (TPSA) is 43.6 Å². The zero-order valence-electron chi connectivity index (χ0n) is 13.3. The third kappa shape index (κ3) is 3.05. The number of furan rings is 1. The van der Waals surface area contributed by atoms with E-state index in [4.69, 9.17) is 13.9 Å². The Kier molecular flexibility index (Phi) is 4.91. The highest BCUT2D eigenvalue weighted by Crippen LogP contribution is 2.38. The number of methoxy groups -OCH3 is 2. The van der Waals surface area contributed by atoms with Crippen LogP contribution in [0.15, 0.2) is 28.7 Å². The first-order valence-electron chi connectivity index (χ1n) is 7.13. The van der Waals surface area contributed by atoms with Crippen LogP contribution in [0.25, 0.3) is 0 Å². The van der Waals surface area contributed by atoms with Crippen molar-refractivity contribution in [3.05, 3.63) is 46.9 Å². The van der Waals surface area contributed by atoms with E-state index in [1.54, 1.807) is 14.2 Å². The Hall–Kier alpha value is -1.94. The molecule has 0 saturated carbocycles. The van der Waals surface area contributed by atoms with Crippen molar-refractivity contribution in [2.45, 2.75) is 26.8 Å². The van der Waals surface area contributed by atoms with Crippen LogP contribution in [-0.2, 0) is 0 Å². The Bertz CT molecular complexity index is 582. The Labute approximate surface area is 126 Å². The van der Waals surface area contributed by atoms with E-state index in [2.05, 4.69) is 18.3 Å². The molecule has 0 aliphatic carbocycles. The zero-order valence-corrected chi connectivity index (χ0v) is 13.3. The molecule has 2 aromatic rings. The van der Waals surface area contributed by atoms with E-state index in [-0.39, 0.29) is 6.04 Å². The number of hydrogen-bond acceptors (Lipinski definition) is 4. The maximum Gasteiger partial charge on any atom is 0.127 e. The fourth-order valence-electron chi connectivity index (χ4n) is 2.67. The summed E-state index contributed by atoms with van der Waals surface area (Å²) >= 11 is 0. The van der Waals surface area contributed by atoms with E-state index in [0.717, 1.165) is 40.7 Å². The lowest BCUT2D eigenvalue weighted by atomic mass is 9.97. The second-order valence-electron chi connectivity index (χ2n) is 4.94. The molecule has 0 fully saturated rings. The molecule has 114 valence electrons. The van der Waals surface area contributed by atoms with Crippen molar-refractivity contribution in [1.82, 2.24) is 5.32 Å². The van der Waals surface area contributed by atoms with Gasteiger partial charge < -0.3 is 19.2 Å². The second-order valence-corrected chi connectivity index (χ2v) is 4.94. The van der Waals surface area contributed by atoms with E-state index in [1.807, 2.05) is 32.0 Å². The monoisotopic (exact) mass is 289 g/mol. The highest BCUT2D eigenvalue weighted by molar-refractivity contribution is 5.51. The van der Waals surface area contributed by atoms with Crippen molar-refractivity contribution < 1.29 is 13.9 Å². The normalized spacial score (nSPS) is 12.2. The minimum Gasteiger partial charge on any atom is -0.496 e. The maximum atomic E-state index is 5.69. The summed E-state index contributed by atoms with van der Waals surface area (Å²) in [5.74, 6) is 3.42. The minimum absolute atomic E-state index is 0.0291. The molecule has 1 aromatic heterocycles. The lowest BCUT2D eigenvalue weighted by molar-refractivity contribution is 0.376. The second kappa shape index (κ2) is 6.68. The highest BCUT2D eigenvalue weighted by Gasteiger charge is 2.25. The van der Waals surface area contributed by atoms with Gasteiger partial charge in [-0.25, -0.2) is 0 Å². The van der Waals surface area contributed by atoms with Crippen LogP contribution in [-0.4, -0.2) is 20.8 Å². The van der Waals surface area contributed by atoms with Gasteiger partial charge in [0.15, 0.2) is 0 Å². The van der Waals surface area contributed by atoms with Gasteiger partial charge in [-0.15, -0.1) is 0 Å². The molecule has 0 aliphatic heterocycles. The Morgan fingerprint density at radius 2 is 1.76 bits per heavy atom. The molecule has 0 spiro atoms. The SMILES string of the molecule is CCNC(c1cc(C)oc1C)c1c(OC)cccc1OC. The summed E-state index contributed by atoms with van der Waals surface area (Å²) < 4.78 is 16.8. The number of nitrogens with one attached hydrogen (secondary N) is 1. The molecule has 1 heterocycles. The number of benzene rings is 1. The Balaban J connectivity index is 2.60. The molecule has 4 nitrogen and oxygen atoms in total. The average Bonchev–Trinajstić information content (AvgIpc) is 2.82. The molecule has 0 aliphatic rings. The standard InChI is InChI=1S/C17H23NO3/c1-6-18-17(13-10-11(2)21-12(13)3)16-14(19-4)8-7-9-15(16)20-5/h7-10,17-18H,6H2,1-5H3. The third-order valence-corrected chi connectivity index (χ3v) is 3.55. The first-order chi connectivity index (χ1) is 10.1. The molecule has 0 bridgehead atoms. The van der Waals surface area contributed by atoms with E-state index in [9.17, 15) is 0 Å². The van der Waals surface area contributed by atoms with Gasteiger partial charge in [-0.05, 0) is 38.6 Å². The van der Waals surface area contributed by atoms with Crippen molar-refractivity contribution in [1.29, 1.82) is 0 Å². The van der Waals surface area contributed by atoms with Crippen molar-refractivity contribution in [2.24, 2.45) is 0 Å². The number of hydrogen-bond donors (Lipinski definition) is 1. The molecule has 2 rings (SSSR count). The van der Waals surface area contributed by atoms with Crippen molar-refractivity contribution >= 4 is 0 Å². The first-order valence-corrected chi connectivity index (χ1v) is 7.13. The number of aryl methyl sites for hydroxylation is 2. The summed E-state index contributed by atoms with van der Waals surface area (Å²) in [7, 11) is 3.35. The molecular formula is C17H23NO3. The van der Waals surface area contributed by atoms with E-state index >= 15 is 0 Å². The molecule has 1 aromatic carbocycles. The van der Waals surface area contributed by atoms with Crippen molar-refractivity contribution in [2.75, 3.05) is 20.8 Å². The van der Waals surface area contributed by atoms with Crippen LogP contribution in [0.2, 0.25) is 0 Å². The molecule has 0 radical (unpaired) electrons. The van der Waals surface area contributed by atoms with Gasteiger partial charge in [-0.2, -0.15) is 0 Å². The van der Waals surface area contributed by atoms with Crippen LogP contribution in [0.5, 0.6) is 11.5 Å². The van der Waals surface area contributed by atoms with Crippen molar-refractivity contribution in [3.63, 3.8) is 0 Å². The van der Waals surface area contributed by atoms with Gasteiger partial charge in [-0.3, -0.25) is 0 Å². The molecule has 0 saturated heterocycles. The molecular weight excluding hydrogens is 266 g/mol. The lowest BCUT2D eigenvalue weighted by Crippen LogP contribution is -2.23. The van der Waals surface area contributed by atoms with Gasteiger partial charge in [0.1, 0.15) is 23.0 Å². The predicted octanol–water partition coefficient (Wildman–Crippen LogP) is 3.61. The molecule has 1 atom stereocenters. The summed E-state index contributed by atoms with van der Waals surface area (Å²) in [4.78, 5) is 0. The fraction of sp³-hybridized carbons (Fsp3) is 0.412. The predicted molar refractivity (Wildman–Crippen MR) is 83.2 cm³/mol. The van der Waals surface area contributed by atoms with Gasteiger partial charge in [0.05, 0.1) is 25.8 Å². The Morgan fingerprint density at radius 3 is 2.19 bits per heavy atom. The van der Waals surface area contributed by atoms with Crippen LogP contribution in [0, 0.1) is 13.8 Å². The van der Waals surface area contributed by atoms with E-state index in [1.165, 1.54) is 0 Å². The van der Waals surface area contributed by atoms with Crippen molar-refractivity contribution in [3.8, 4) is 11.5 Å². The largest absolute Gasteiger partial charge is 0.496 e. The quantitative estimate of drug-likeness (QED) is 0.882. The molecule has 1 N–H and O–H groups in total. The highest BCUT2D eigenvalue weighted by atomic mass is 16.5. The maximum absolute atomic E-state index is 5.69. The summed E-state index contributed by atoms with van der Waals surface area (Å²) in [6, 6.07) is 7.86. The minimum atomic E-state index is -0.0291. The zero-order chi connectivity index (χ0) is 15.4. The van der Waals surface area contributed by atoms with Crippen LogP contribution in [0.1, 0.15) is 35.6 Å². The van der Waals surface area contributed by atoms with Crippen LogP contribution in [0.4, 0.5) is 0 Å². The molecule has 1 unspecified atom stereocenters. The number of ether oxygens (including phenoxy) is 2. The molecule has 21 heavy (non-hydrogen) atoms. The third-order valence-electron chi connectivity index (χ3n) is 3.55. The van der Waals surface area contributed by atoms with Crippen LogP contribution in [0.3, 0.4) is 0 Å². The lowest BCUT2D eigenvalue weighted by Gasteiger charge is -2.22. The molecule has 4 heteroatoms.